The molecule has 2 atom stereocenters. The molecule has 0 saturated carbocycles. The fourth-order valence-electron chi connectivity index (χ4n) is 0.956. The Kier molecular flexibility index (Phi) is 8.02. The maximum atomic E-state index is 10.5. The molecule has 9 nitrogen and oxygen atoms in total. The van der Waals surface area contributed by atoms with Crippen LogP contribution in [-0.4, -0.2) is 38.2 Å². The molecule has 11 heteroatoms. The van der Waals surface area contributed by atoms with Crippen molar-refractivity contribution >= 4 is 22.8 Å². The molecule has 0 saturated heterocycles. The van der Waals surface area contributed by atoms with Gasteiger partial charge < -0.3 is 25.1 Å². The Balaban J connectivity index is 4.18. The number of hydrogen-bond donors (Lipinski definition) is 5. The molecule has 0 aliphatic rings. The molecular weight excluding hydrogens is 276 g/mol. The SMILES string of the molecule is CC(=O)NCCCC(O)(OP(O)O)O[PH](=O)O. The van der Waals surface area contributed by atoms with Gasteiger partial charge >= 0.3 is 16.9 Å². The highest BCUT2D eigenvalue weighted by molar-refractivity contribution is 7.39. The largest absolute Gasteiger partial charge is 0.356 e. The summed E-state index contributed by atoms with van der Waals surface area (Å²) in [5, 5.41) is 11.9. The molecule has 102 valence electrons. The Morgan fingerprint density at radius 3 is 2.53 bits per heavy atom. The lowest BCUT2D eigenvalue weighted by molar-refractivity contribution is -0.279. The first-order valence-corrected chi connectivity index (χ1v) is 6.94. The first-order valence-electron chi connectivity index (χ1n) is 4.51. The summed E-state index contributed by atoms with van der Waals surface area (Å²) in [5.41, 5.74) is 0. The van der Waals surface area contributed by atoms with Crippen molar-refractivity contribution in [3.63, 3.8) is 0 Å². The summed E-state index contributed by atoms with van der Waals surface area (Å²) in [4.78, 5) is 36.2. The molecule has 0 aliphatic heterocycles. The Hall–Kier alpha value is -0.110. The number of aliphatic hydroxyl groups is 1. The third-order valence-corrected chi connectivity index (χ3v) is 2.46. The smallest absolute Gasteiger partial charge is 0.331 e. The molecule has 17 heavy (non-hydrogen) atoms. The van der Waals surface area contributed by atoms with Crippen molar-refractivity contribution in [3.8, 4) is 0 Å². The van der Waals surface area contributed by atoms with E-state index in [2.05, 4.69) is 14.4 Å². The van der Waals surface area contributed by atoms with Crippen LogP contribution in [0.15, 0.2) is 0 Å². The lowest BCUT2D eigenvalue weighted by atomic mass is 10.3. The number of carbonyl (C=O) groups is 1. The van der Waals surface area contributed by atoms with Gasteiger partial charge in [0.05, 0.1) is 0 Å². The number of hydrogen-bond acceptors (Lipinski definition) is 7. The molecule has 0 bridgehead atoms. The van der Waals surface area contributed by atoms with Crippen molar-refractivity contribution in [1.82, 2.24) is 5.32 Å². The van der Waals surface area contributed by atoms with E-state index in [1.165, 1.54) is 6.92 Å². The van der Waals surface area contributed by atoms with Gasteiger partial charge in [-0.15, -0.1) is 0 Å². The van der Waals surface area contributed by atoms with Gasteiger partial charge in [-0.1, -0.05) is 0 Å². The Morgan fingerprint density at radius 2 is 2.12 bits per heavy atom. The van der Waals surface area contributed by atoms with Crippen molar-refractivity contribution in [2.45, 2.75) is 25.7 Å². The maximum absolute atomic E-state index is 10.5. The molecule has 2 unspecified atom stereocenters. The second-order valence-corrected chi connectivity index (χ2v) is 4.44. The fraction of sp³-hybridized carbons (Fsp3) is 0.833. The van der Waals surface area contributed by atoms with Gasteiger partial charge in [0.15, 0.2) is 0 Å². The summed E-state index contributed by atoms with van der Waals surface area (Å²) in [7, 11) is -6.46. The van der Waals surface area contributed by atoms with E-state index in [-0.39, 0.29) is 25.3 Å². The summed E-state index contributed by atoms with van der Waals surface area (Å²) in [6.07, 6.45) is -0.168. The first kappa shape index (κ1) is 16.9. The normalized spacial score (nSPS) is 16.6. The number of amides is 1. The third kappa shape index (κ3) is 9.58. The quantitative estimate of drug-likeness (QED) is 0.221. The van der Waals surface area contributed by atoms with Crippen molar-refractivity contribution in [3.05, 3.63) is 0 Å². The van der Waals surface area contributed by atoms with Crippen LogP contribution in [0.5, 0.6) is 0 Å². The van der Waals surface area contributed by atoms with Crippen molar-refractivity contribution < 1.29 is 38.2 Å². The van der Waals surface area contributed by atoms with Crippen molar-refractivity contribution in [2.24, 2.45) is 0 Å². The van der Waals surface area contributed by atoms with E-state index < -0.39 is 22.8 Å². The monoisotopic (exact) mass is 291 g/mol. The first-order chi connectivity index (χ1) is 7.75. The van der Waals surface area contributed by atoms with Gasteiger partial charge in [-0.2, -0.15) is 0 Å². The Bertz CT molecular complexity index is 275. The van der Waals surface area contributed by atoms with Gasteiger partial charge in [0.1, 0.15) is 0 Å². The van der Waals surface area contributed by atoms with Crippen LogP contribution in [-0.2, 0) is 18.4 Å². The summed E-state index contributed by atoms with van der Waals surface area (Å²) in [6.45, 7) is 1.47. The highest BCUT2D eigenvalue weighted by Gasteiger charge is 2.34. The topological polar surface area (TPSA) is 146 Å². The molecule has 0 aromatic rings. The van der Waals surface area contributed by atoms with E-state index in [4.69, 9.17) is 14.7 Å². The zero-order chi connectivity index (χ0) is 13.5. The van der Waals surface area contributed by atoms with E-state index in [0.29, 0.717) is 0 Å². The molecule has 0 aromatic heterocycles. The van der Waals surface area contributed by atoms with Crippen LogP contribution in [0.4, 0.5) is 0 Å². The highest BCUT2D eigenvalue weighted by atomic mass is 31.2. The van der Waals surface area contributed by atoms with Crippen LogP contribution in [0.25, 0.3) is 0 Å². The molecule has 0 rings (SSSR count). The van der Waals surface area contributed by atoms with Gasteiger partial charge in [0, 0.05) is 19.9 Å². The van der Waals surface area contributed by atoms with E-state index in [9.17, 15) is 14.5 Å². The third-order valence-electron chi connectivity index (χ3n) is 1.51. The molecule has 0 heterocycles. The minimum Gasteiger partial charge on any atom is -0.356 e. The molecule has 0 radical (unpaired) electrons. The number of rotatable bonds is 8. The average molecular weight is 291 g/mol. The highest BCUT2D eigenvalue weighted by Crippen LogP contribution is 2.38. The summed E-state index contributed by atoms with van der Waals surface area (Å²) >= 11 is 0. The van der Waals surface area contributed by atoms with Crippen LogP contribution in [0, 0.1) is 0 Å². The average Bonchev–Trinajstić information content (AvgIpc) is 2.09. The van der Waals surface area contributed by atoms with Gasteiger partial charge in [-0.3, -0.25) is 18.4 Å². The zero-order valence-electron chi connectivity index (χ0n) is 8.99. The lowest BCUT2D eigenvalue weighted by Gasteiger charge is -2.26. The van der Waals surface area contributed by atoms with Gasteiger partial charge in [-0.05, 0) is 6.42 Å². The van der Waals surface area contributed by atoms with Crippen molar-refractivity contribution in [1.29, 1.82) is 0 Å². The van der Waals surface area contributed by atoms with Crippen LogP contribution >= 0.6 is 16.9 Å². The predicted octanol–water partition coefficient (Wildman–Crippen LogP) is -0.825. The molecule has 0 spiro atoms. The molecule has 0 aliphatic carbocycles. The maximum Gasteiger partial charge on any atom is 0.331 e. The molecule has 5 N–H and O–H groups in total. The summed E-state index contributed by atoms with van der Waals surface area (Å²) in [5.74, 6) is -2.84. The van der Waals surface area contributed by atoms with Gasteiger partial charge in [-0.25, -0.2) is 0 Å². The second kappa shape index (κ2) is 8.07. The second-order valence-electron chi connectivity index (χ2n) is 3.01. The van der Waals surface area contributed by atoms with Crippen LogP contribution in [0.3, 0.4) is 0 Å². The van der Waals surface area contributed by atoms with E-state index in [0.717, 1.165) is 0 Å². The minimum atomic E-state index is -3.51. The summed E-state index contributed by atoms with van der Waals surface area (Å²) < 4.78 is 18.8. The van der Waals surface area contributed by atoms with Gasteiger partial charge in [0.25, 0.3) is 5.97 Å². The van der Waals surface area contributed by atoms with Gasteiger partial charge in [0.2, 0.25) is 5.91 Å². The Morgan fingerprint density at radius 1 is 1.53 bits per heavy atom. The lowest BCUT2D eigenvalue weighted by Crippen LogP contribution is -2.33. The van der Waals surface area contributed by atoms with Crippen molar-refractivity contribution in [2.75, 3.05) is 6.54 Å². The Labute approximate surface area is 99.3 Å². The fourth-order valence-corrected chi connectivity index (χ4v) is 1.83. The van der Waals surface area contributed by atoms with Crippen LogP contribution < -0.4 is 5.32 Å². The molecule has 0 aromatic carbocycles. The zero-order valence-corrected chi connectivity index (χ0v) is 10.9. The summed E-state index contributed by atoms with van der Waals surface area (Å²) in [6, 6.07) is 0. The van der Waals surface area contributed by atoms with E-state index in [1.807, 2.05) is 0 Å². The van der Waals surface area contributed by atoms with E-state index >= 15 is 0 Å². The van der Waals surface area contributed by atoms with E-state index in [1.54, 1.807) is 0 Å². The molecular formula is C6H15NO8P2. The molecule has 1 amide bonds. The number of carbonyl (C=O) groups excluding carboxylic acids is 1. The minimum absolute atomic E-state index is 0.147. The standard InChI is InChI=1S/C6H15NO8P2/c1-5(8)7-4-2-3-6(9,14-16(10)11)15-17(12)13/h9-11,17H,2-4H2,1H3,(H,7,8)(H,12,13). The van der Waals surface area contributed by atoms with Crippen LogP contribution in [0.1, 0.15) is 19.8 Å². The predicted molar refractivity (Wildman–Crippen MR) is 57.6 cm³/mol. The number of nitrogens with one attached hydrogen (secondary N) is 1. The molecule has 0 fully saturated rings. The van der Waals surface area contributed by atoms with Crippen LogP contribution in [0.2, 0.25) is 0 Å².